The predicted octanol–water partition coefficient (Wildman–Crippen LogP) is 17.6. The molecule has 11 aromatic carbocycles. The summed E-state index contributed by atoms with van der Waals surface area (Å²) < 4.78 is 0. The van der Waals surface area contributed by atoms with E-state index in [9.17, 15) is 0 Å². The van der Waals surface area contributed by atoms with Crippen molar-refractivity contribution in [3.8, 4) is 55.6 Å². The minimum absolute atomic E-state index is 0.0519. The third-order valence-corrected chi connectivity index (χ3v) is 13.7. The topological polar surface area (TPSA) is 3.24 Å². The second-order valence-corrected chi connectivity index (χ2v) is 17.7. The maximum atomic E-state index is 2.49. The fourth-order valence-corrected chi connectivity index (χ4v) is 10.3. The van der Waals surface area contributed by atoms with Gasteiger partial charge in [-0.1, -0.05) is 196 Å². The van der Waals surface area contributed by atoms with Crippen molar-refractivity contribution < 1.29 is 0 Å². The summed E-state index contributed by atoms with van der Waals surface area (Å²) in [5.74, 6) is 0. The Morgan fingerprint density at radius 3 is 1.12 bits per heavy atom. The summed E-state index contributed by atoms with van der Waals surface area (Å²) >= 11 is 0. The van der Waals surface area contributed by atoms with Crippen LogP contribution in [-0.2, 0) is 5.41 Å². The van der Waals surface area contributed by atoms with E-state index in [0.717, 1.165) is 17.1 Å². The molecule has 0 saturated carbocycles. The number of anilines is 3. The van der Waals surface area contributed by atoms with Crippen LogP contribution in [0, 0.1) is 0 Å². The number of hydrogen-bond donors (Lipinski definition) is 0. The van der Waals surface area contributed by atoms with Gasteiger partial charge in [0.05, 0.1) is 0 Å². The highest BCUT2D eigenvalue weighted by atomic mass is 15.1. The van der Waals surface area contributed by atoms with Crippen molar-refractivity contribution in [2.75, 3.05) is 4.90 Å². The maximum absolute atomic E-state index is 2.49. The zero-order valence-corrected chi connectivity index (χ0v) is 36.0. The minimum Gasteiger partial charge on any atom is -0.311 e. The zero-order chi connectivity index (χ0) is 42.8. The summed E-state index contributed by atoms with van der Waals surface area (Å²) in [6.45, 7) is 4.74. The second-order valence-electron chi connectivity index (χ2n) is 17.7. The highest BCUT2D eigenvalue weighted by molar-refractivity contribution is 6.26. The Hall–Kier alpha value is -8.00. The van der Waals surface area contributed by atoms with Gasteiger partial charge >= 0.3 is 0 Å². The summed E-state index contributed by atoms with van der Waals surface area (Å²) in [5.41, 5.74) is 18.5. The smallest absolute Gasteiger partial charge is 0.0462 e. The molecule has 0 heterocycles. The molecule has 1 aliphatic rings. The van der Waals surface area contributed by atoms with E-state index in [1.165, 1.54) is 99.1 Å². The van der Waals surface area contributed by atoms with Crippen molar-refractivity contribution in [2.24, 2.45) is 0 Å². The lowest BCUT2D eigenvalue weighted by atomic mass is 9.81. The van der Waals surface area contributed by atoms with E-state index in [1.54, 1.807) is 0 Å². The van der Waals surface area contributed by atoms with Gasteiger partial charge < -0.3 is 4.90 Å². The molecule has 0 N–H and O–H groups in total. The Kier molecular flexibility index (Phi) is 8.91. The van der Waals surface area contributed by atoms with Crippen LogP contribution >= 0.6 is 0 Å². The van der Waals surface area contributed by atoms with Crippen molar-refractivity contribution in [3.63, 3.8) is 0 Å². The molecule has 0 saturated heterocycles. The fourth-order valence-electron chi connectivity index (χ4n) is 10.3. The van der Waals surface area contributed by atoms with Gasteiger partial charge in [0.1, 0.15) is 0 Å². The number of hydrogen-bond acceptors (Lipinski definition) is 1. The summed E-state index contributed by atoms with van der Waals surface area (Å²) in [6, 6.07) is 86.9. The fraction of sp³-hybridized carbons (Fsp3) is 0.0476. The van der Waals surface area contributed by atoms with Gasteiger partial charge in [0.2, 0.25) is 0 Å². The molecule has 0 radical (unpaired) electrons. The molecule has 1 heteroatoms. The Balaban J connectivity index is 0.874. The Labute approximate surface area is 375 Å². The van der Waals surface area contributed by atoms with Gasteiger partial charge in [0.15, 0.2) is 0 Å². The third-order valence-electron chi connectivity index (χ3n) is 13.7. The van der Waals surface area contributed by atoms with Crippen molar-refractivity contribution in [1.82, 2.24) is 0 Å². The Bertz CT molecular complexity index is 3430. The van der Waals surface area contributed by atoms with Crippen molar-refractivity contribution in [1.29, 1.82) is 0 Å². The average molecular weight is 816 g/mol. The van der Waals surface area contributed by atoms with Gasteiger partial charge in [-0.15, -0.1) is 0 Å². The zero-order valence-electron chi connectivity index (χ0n) is 36.0. The molecule has 64 heavy (non-hydrogen) atoms. The van der Waals surface area contributed by atoms with E-state index in [0.29, 0.717) is 0 Å². The van der Waals surface area contributed by atoms with E-state index in [2.05, 4.69) is 255 Å². The van der Waals surface area contributed by atoms with Crippen molar-refractivity contribution in [2.45, 2.75) is 19.3 Å². The van der Waals surface area contributed by atoms with Crippen LogP contribution in [0.1, 0.15) is 25.0 Å². The molecule has 302 valence electrons. The minimum atomic E-state index is -0.0519. The molecule has 0 spiro atoms. The summed E-state index contributed by atoms with van der Waals surface area (Å²) in [4.78, 5) is 2.34. The van der Waals surface area contributed by atoms with E-state index < -0.39 is 0 Å². The van der Waals surface area contributed by atoms with Gasteiger partial charge in [-0.25, -0.2) is 0 Å². The molecular weight excluding hydrogens is 771 g/mol. The predicted molar refractivity (Wildman–Crippen MR) is 273 cm³/mol. The first kappa shape index (κ1) is 37.7. The summed E-state index contributed by atoms with van der Waals surface area (Å²) in [5, 5.41) is 7.84. The number of rotatable bonds is 7. The highest BCUT2D eigenvalue weighted by Gasteiger charge is 2.35. The third kappa shape index (κ3) is 6.31. The lowest BCUT2D eigenvalue weighted by Crippen LogP contribution is -2.14. The van der Waals surface area contributed by atoms with Gasteiger partial charge in [0, 0.05) is 22.5 Å². The van der Waals surface area contributed by atoms with Crippen molar-refractivity contribution in [3.05, 3.63) is 248 Å². The molecule has 0 unspecified atom stereocenters. The molecule has 0 aromatic heterocycles. The number of benzene rings is 11. The Morgan fingerprint density at radius 1 is 0.250 bits per heavy atom. The molecule has 1 aliphatic carbocycles. The van der Waals surface area contributed by atoms with Crippen LogP contribution in [0.25, 0.3) is 88.0 Å². The summed E-state index contributed by atoms with van der Waals surface area (Å²) in [7, 11) is 0. The molecule has 0 aliphatic heterocycles. The van der Waals surface area contributed by atoms with Crippen LogP contribution in [0.5, 0.6) is 0 Å². The van der Waals surface area contributed by atoms with Crippen LogP contribution in [0.2, 0.25) is 0 Å². The van der Waals surface area contributed by atoms with E-state index in [4.69, 9.17) is 0 Å². The number of nitrogens with zero attached hydrogens (tertiary/aromatic N) is 1. The Morgan fingerprint density at radius 2 is 0.609 bits per heavy atom. The van der Waals surface area contributed by atoms with Crippen LogP contribution in [0.15, 0.2) is 237 Å². The molecule has 0 atom stereocenters. The molecule has 0 amide bonds. The quantitative estimate of drug-likeness (QED) is 0.145. The van der Waals surface area contributed by atoms with E-state index in [-0.39, 0.29) is 5.41 Å². The van der Waals surface area contributed by atoms with Gasteiger partial charge in [-0.2, -0.15) is 0 Å². The van der Waals surface area contributed by atoms with Gasteiger partial charge in [0.25, 0.3) is 0 Å². The number of fused-ring (bicyclic) bond motifs is 9. The first-order chi connectivity index (χ1) is 31.5. The van der Waals surface area contributed by atoms with Crippen LogP contribution in [-0.4, -0.2) is 0 Å². The normalized spacial score (nSPS) is 12.7. The lowest BCUT2D eigenvalue weighted by Gasteiger charge is -2.26. The van der Waals surface area contributed by atoms with Crippen LogP contribution in [0.4, 0.5) is 17.1 Å². The first-order valence-corrected chi connectivity index (χ1v) is 22.3. The van der Waals surface area contributed by atoms with Gasteiger partial charge in [-0.3, -0.25) is 0 Å². The average Bonchev–Trinajstić information content (AvgIpc) is 3.59. The molecule has 1 nitrogen and oxygen atoms in total. The standard InChI is InChI=1S/C63H45N/c1-63(2)61-20-12-11-19-56(61)60-40-58-54-18-10-9-17-53(54)57-39-49(31-38-55(57)59(58)41-62(60)63)48-23-21-44(22-24-48)47-29-36-52(37-30-47)64(50-32-25-45(26-33-50)42-13-5-3-6-14-42)51-34-27-46(28-35-51)43-15-7-4-8-16-43/h3-41H,1-2H3. The second kappa shape index (κ2) is 15.1. The first-order valence-electron chi connectivity index (χ1n) is 22.3. The SMILES string of the molecule is CC1(C)c2ccccc2-c2cc3c4ccccc4c4cc(-c5ccc(-c6ccc(N(c7ccc(-c8ccccc8)cc7)c7ccc(-c8ccccc8)cc7)cc6)cc5)ccc4c3cc21. The largest absolute Gasteiger partial charge is 0.311 e. The highest BCUT2D eigenvalue weighted by Crippen LogP contribution is 2.51. The monoisotopic (exact) mass is 815 g/mol. The molecule has 12 rings (SSSR count). The summed E-state index contributed by atoms with van der Waals surface area (Å²) in [6.07, 6.45) is 0. The maximum Gasteiger partial charge on any atom is 0.0462 e. The molecular formula is C63H45N. The van der Waals surface area contributed by atoms with E-state index >= 15 is 0 Å². The van der Waals surface area contributed by atoms with E-state index in [1.807, 2.05) is 0 Å². The van der Waals surface area contributed by atoms with Crippen molar-refractivity contribution >= 4 is 49.4 Å². The molecule has 11 aromatic rings. The molecule has 0 bridgehead atoms. The van der Waals surface area contributed by atoms with Crippen LogP contribution in [0.3, 0.4) is 0 Å². The van der Waals surface area contributed by atoms with Gasteiger partial charge in [-0.05, 0) is 154 Å². The van der Waals surface area contributed by atoms with Crippen LogP contribution < -0.4 is 4.90 Å². The molecule has 0 fully saturated rings. The lowest BCUT2D eigenvalue weighted by molar-refractivity contribution is 0.661.